The van der Waals surface area contributed by atoms with E-state index in [1.807, 2.05) is 6.92 Å². The molecule has 0 saturated heterocycles. The maximum atomic E-state index is 13.6. The molecule has 0 heterocycles. The van der Waals surface area contributed by atoms with Crippen molar-refractivity contribution in [2.75, 3.05) is 11.9 Å². The number of halogens is 2. The van der Waals surface area contributed by atoms with Crippen molar-refractivity contribution in [1.29, 1.82) is 0 Å². The van der Waals surface area contributed by atoms with Crippen LogP contribution in [0.3, 0.4) is 0 Å². The molecule has 0 saturated carbocycles. The highest BCUT2D eigenvalue weighted by Gasteiger charge is 2.13. The molecule has 0 aliphatic heterocycles. The van der Waals surface area contributed by atoms with E-state index >= 15 is 0 Å². The number of nitrogens with one attached hydrogen (secondary N) is 1. The second-order valence-corrected chi connectivity index (χ2v) is 5.52. The lowest BCUT2D eigenvalue weighted by molar-refractivity contribution is -0.384. The van der Waals surface area contributed by atoms with Gasteiger partial charge in [0.05, 0.1) is 10.6 Å². The van der Waals surface area contributed by atoms with Crippen molar-refractivity contribution in [3.8, 4) is 5.75 Å². The third kappa shape index (κ3) is 4.49. The molecule has 2 aromatic rings. The number of carbonyl (C=O) groups is 1. The molecule has 2 aromatic carbocycles. The van der Waals surface area contributed by atoms with E-state index < -0.39 is 16.6 Å². The lowest BCUT2D eigenvalue weighted by Gasteiger charge is -2.09. The molecule has 2 rings (SSSR count). The number of nitro groups is 1. The maximum absolute atomic E-state index is 13.6. The highest BCUT2D eigenvalue weighted by atomic mass is 79.9. The summed E-state index contributed by atoms with van der Waals surface area (Å²) in [5.74, 6) is -0.895. The standard InChI is InChI=1S/C15H12BrFN2O4/c1-9-6-11(3-4-12(9)16)23-8-15(20)18-14-7-10(19(21)22)2-5-13(14)17/h2-7H,8H2,1H3,(H,18,20). The van der Waals surface area contributed by atoms with Gasteiger partial charge >= 0.3 is 0 Å². The van der Waals surface area contributed by atoms with Gasteiger partial charge in [-0.15, -0.1) is 0 Å². The molecule has 0 radical (unpaired) electrons. The van der Waals surface area contributed by atoms with Gasteiger partial charge in [-0.05, 0) is 36.8 Å². The summed E-state index contributed by atoms with van der Waals surface area (Å²) in [5.41, 5.74) is 0.360. The van der Waals surface area contributed by atoms with Crippen molar-refractivity contribution in [3.63, 3.8) is 0 Å². The Morgan fingerprint density at radius 1 is 1.35 bits per heavy atom. The van der Waals surface area contributed by atoms with Crippen molar-refractivity contribution < 1.29 is 18.8 Å². The minimum absolute atomic E-state index is 0.264. The fourth-order valence-electron chi connectivity index (χ4n) is 1.76. The number of aryl methyl sites for hydroxylation is 1. The average molecular weight is 383 g/mol. The van der Waals surface area contributed by atoms with E-state index in [0.29, 0.717) is 5.75 Å². The van der Waals surface area contributed by atoms with E-state index in [1.165, 1.54) is 0 Å². The highest BCUT2D eigenvalue weighted by molar-refractivity contribution is 9.10. The first-order chi connectivity index (χ1) is 10.9. The lowest BCUT2D eigenvalue weighted by atomic mass is 10.2. The van der Waals surface area contributed by atoms with Gasteiger partial charge < -0.3 is 10.1 Å². The average Bonchev–Trinajstić information content (AvgIpc) is 2.50. The molecule has 0 atom stereocenters. The number of nitrogens with zero attached hydrogens (tertiary/aromatic N) is 1. The number of anilines is 1. The van der Waals surface area contributed by atoms with Crippen LogP contribution in [0.15, 0.2) is 40.9 Å². The number of hydrogen-bond acceptors (Lipinski definition) is 4. The predicted octanol–water partition coefficient (Wildman–Crippen LogP) is 3.82. The van der Waals surface area contributed by atoms with Gasteiger partial charge in [-0.25, -0.2) is 4.39 Å². The highest BCUT2D eigenvalue weighted by Crippen LogP contribution is 2.23. The Balaban J connectivity index is 2.00. The number of rotatable bonds is 5. The van der Waals surface area contributed by atoms with Crippen LogP contribution in [0.5, 0.6) is 5.75 Å². The number of ether oxygens (including phenoxy) is 1. The van der Waals surface area contributed by atoms with Crippen LogP contribution in [-0.2, 0) is 4.79 Å². The van der Waals surface area contributed by atoms with Crippen molar-refractivity contribution >= 4 is 33.2 Å². The van der Waals surface area contributed by atoms with E-state index in [-0.39, 0.29) is 18.0 Å². The molecular weight excluding hydrogens is 371 g/mol. The Bertz CT molecular complexity index is 767. The normalized spacial score (nSPS) is 10.2. The molecule has 0 spiro atoms. The fraction of sp³-hybridized carbons (Fsp3) is 0.133. The Morgan fingerprint density at radius 3 is 2.74 bits per heavy atom. The summed E-state index contributed by atoms with van der Waals surface area (Å²) in [4.78, 5) is 21.8. The van der Waals surface area contributed by atoms with Crippen LogP contribution >= 0.6 is 15.9 Å². The summed E-state index contributed by atoms with van der Waals surface area (Å²) in [6.07, 6.45) is 0. The van der Waals surface area contributed by atoms with Gasteiger partial charge in [0.25, 0.3) is 11.6 Å². The zero-order valence-corrected chi connectivity index (χ0v) is 13.6. The zero-order valence-electron chi connectivity index (χ0n) is 12.0. The summed E-state index contributed by atoms with van der Waals surface area (Å²) in [6, 6.07) is 8.10. The van der Waals surface area contributed by atoms with E-state index in [0.717, 1.165) is 28.2 Å². The molecule has 0 aromatic heterocycles. The molecule has 23 heavy (non-hydrogen) atoms. The first-order valence-corrected chi connectivity index (χ1v) is 7.29. The SMILES string of the molecule is Cc1cc(OCC(=O)Nc2cc([N+](=O)[O-])ccc2F)ccc1Br. The Morgan fingerprint density at radius 2 is 2.09 bits per heavy atom. The maximum Gasteiger partial charge on any atom is 0.271 e. The molecule has 1 N–H and O–H groups in total. The monoisotopic (exact) mass is 382 g/mol. The molecule has 0 aliphatic rings. The Hall–Kier alpha value is -2.48. The predicted molar refractivity (Wildman–Crippen MR) is 86.1 cm³/mol. The quantitative estimate of drug-likeness (QED) is 0.629. The van der Waals surface area contributed by atoms with Gasteiger partial charge in [0.1, 0.15) is 11.6 Å². The number of hydrogen-bond donors (Lipinski definition) is 1. The molecule has 6 nitrogen and oxygen atoms in total. The number of amides is 1. The summed E-state index contributed by atoms with van der Waals surface area (Å²) >= 11 is 3.35. The van der Waals surface area contributed by atoms with Gasteiger partial charge in [-0.2, -0.15) is 0 Å². The van der Waals surface area contributed by atoms with Crippen molar-refractivity contribution in [3.05, 3.63) is 62.4 Å². The summed E-state index contributed by atoms with van der Waals surface area (Å²) < 4.78 is 19.8. The first-order valence-electron chi connectivity index (χ1n) is 6.49. The minimum atomic E-state index is -0.761. The second-order valence-electron chi connectivity index (χ2n) is 4.67. The fourth-order valence-corrected chi connectivity index (χ4v) is 2.01. The molecule has 0 bridgehead atoms. The summed E-state index contributed by atoms with van der Waals surface area (Å²) in [5, 5.41) is 12.9. The largest absolute Gasteiger partial charge is 0.484 e. The topological polar surface area (TPSA) is 81.5 Å². The third-order valence-electron chi connectivity index (χ3n) is 2.93. The molecule has 1 amide bonds. The lowest BCUT2D eigenvalue weighted by Crippen LogP contribution is -2.20. The summed E-state index contributed by atoms with van der Waals surface area (Å²) in [6.45, 7) is 1.53. The van der Waals surface area contributed by atoms with E-state index in [1.54, 1.807) is 18.2 Å². The van der Waals surface area contributed by atoms with Gasteiger partial charge in [-0.1, -0.05) is 15.9 Å². The van der Waals surface area contributed by atoms with Crippen molar-refractivity contribution in [1.82, 2.24) is 0 Å². The van der Waals surface area contributed by atoms with Crippen LogP contribution < -0.4 is 10.1 Å². The molecule has 120 valence electrons. The smallest absolute Gasteiger partial charge is 0.271 e. The molecule has 0 aliphatic carbocycles. The third-order valence-corrected chi connectivity index (χ3v) is 3.82. The number of carbonyl (C=O) groups excluding carboxylic acids is 1. The van der Waals surface area contributed by atoms with E-state index in [2.05, 4.69) is 21.2 Å². The molecule has 0 fully saturated rings. The van der Waals surface area contributed by atoms with Gasteiger partial charge in [0.15, 0.2) is 6.61 Å². The number of nitro benzene ring substituents is 1. The van der Waals surface area contributed by atoms with Crippen molar-refractivity contribution in [2.45, 2.75) is 6.92 Å². The van der Waals surface area contributed by atoms with Crippen LogP contribution in [0.25, 0.3) is 0 Å². The van der Waals surface area contributed by atoms with Gasteiger partial charge in [0, 0.05) is 16.6 Å². The van der Waals surface area contributed by atoms with Gasteiger partial charge in [-0.3, -0.25) is 14.9 Å². The number of non-ortho nitro benzene ring substituents is 1. The van der Waals surface area contributed by atoms with Crippen LogP contribution in [0, 0.1) is 22.9 Å². The zero-order chi connectivity index (χ0) is 17.0. The summed E-state index contributed by atoms with van der Waals surface area (Å²) in [7, 11) is 0. The number of benzene rings is 2. The van der Waals surface area contributed by atoms with Gasteiger partial charge in [0.2, 0.25) is 0 Å². The second kappa shape index (κ2) is 7.19. The van der Waals surface area contributed by atoms with E-state index in [9.17, 15) is 19.3 Å². The Labute approximate surface area is 139 Å². The van der Waals surface area contributed by atoms with Crippen LogP contribution in [0.4, 0.5) is 15.8 Å². The van der Waals surface area contributed by atoms with Crippen LogP contribution in [0.1, 0.15) is 5.56 Å². The van der Waals surface area contributed by atoms with Crippen LogP contribution in [0.2, 0.25) is 0 Å². The van der Waals surface area contributed by atoms with E-state index in [4.69, 9.17) is 4.74 Å². The first kappa shape index (κ1) is 16.9. The Kier molecular flexibility index (Phi) is 5.28. The molecule has 0 unspecified atom stereocenters. The molecular formula is C15H12BrFN2O4. The van der Waals surface area contributed by atoms with Crippen molar-refractivity contribution in [2.24, 2.45) is 0 Å². The van der Waals surface area contributed by atoms with Crippen LogP contribution in [-0.4, -0.2) is 17.4 Å². The minimum Gasteiger partial charge on any atom is -0.484 e. The molecule has 8 heteroatoms.